The van der Waals surface area contributed by atoms with Gasteiger partial charge in [0.05, 0.1) is 5.25 Å². The molecule has 116 valence electrons. The van der Waals surface area contributed by atoms with Crippen molar-refractivity contribution in [2.75, 3.05) is 18.2 Å². The van der Waals surface area contributed by atoms with Crippen LogP contribution in [0.15, 0.2) is 36.4 Å². The SMILES string of the molecule is CSC(C)C(=O)Nc1ccc(OCC(=O)O)c2ccccc12. The zero-order valence-corrected chi connectivity index (χ0v) is 13.1. The van der Waals surface area contributed by atoms with Gasteiger partial charge in [0.1, 0.15) is 5.75 Å². The van der Waals surface area contributed by atoms with Crippen molar-refractivity contribution < 1.29 is 19.4 Å². The van der Waals surface area contributed by atoms with Crippen molar-refractivity contribution in [1.29, 1.82) is 0 Å². The number of hydrogen-bond acceptors (Lipinski definition) is 4. The Hall–Kier alpha value is -2.21. The number of benzene rings is 2. The second-order valence-electron chi connectivity index (χ2n) is 4.71. The maximum atomic E-state index is 12.0. The molecular weight excluding hydrogens is 302 g/mol. The Balaban J connectivity index is 2.35. The lowest BCUT2D eigenvalue weighted by atomic mass is 10.1. The van der Waals surface area contributed by atoms with E-state index < -0.39 is 12.6 Å². The van der Waals surface area contributed by atoms with Crippen molar-refractivity contribution in [3.05, 3.63) is 36.4 Å². The smallest absolute Gasteiger partial charge is 0.341 e. The number of carbonyl (C=O) groups is 2. The summed E-state index contributed by atoms with van der Waals surface area (Å²) in [4.78, 5) is 22.7. The van der Waals surface area contributed by atoms with Gasteiger partial charge in [-0.3, -0.25) is 4.79 Å². The number of amides is 1. The van der Waals surface area contributed by atoms with E-state index >= 15 is 0 Å². The van der Waals surface area contributed by atoms with E-state index in [-0.39, 0.29) is 11.2 Å². The van der Waals surface area contributed by atoms with Gasteiger partial charge in [0.15, 0.2) is 6.61 Å². The monoisotopic (exact) mass is 319 g/mol. The summed E-state index contributed by atoms with van der Waals surface area (Å²) in [5, 5.41) is 13.0. The maximum Gasteiger partial charge on any atom is 0.341 e. The molecule has 0 aliphatic rings. The van der Waals surface area contributed by atoms with Crippen LogP contribution in [0.2, 0.25) is 0 Å². The average Bonchev–Trinajstić information content (AvgIpc) is 2.53. The molecule has 1 unspecified atom stereocenters. The molecule has 2 aromatic rings. The summed E-state index contributed by atoms with van der Waals surface area (Å²) in [7, 11) is 0. The van der Waals surface area contributed by atoms with Gasteiger partial charge in [0, 0.05) is 16.5 Å². The lowest BCUT2D eigenvalue weighted by Gasteiger charge is -2.14. The fraction of sp³-hybridized carbons (Fsp3) is 0.250. The van der Waals surface area contributed by atoms with Gasteiger partial charge in [0.25, 0.3) is 0 Å². The number of rotatable bonds is 6. The zero-order valence-electron chi connectivity index (χ0n) is 12.3. The first kappa shape index (κ1) is 16.2. The molecule has 1 atom stereocenters. The molecule has 0 bridgehead atoms. The van der Waals surface area contributed by atoms with E-state index in [4.69, 9.17) is 9.84 Å². The topological polar surface area (TPSA) is 75.6 Å². The minimum Gasteiger partial charge on any atom is -0.481 e. The van der Waals surface area contributed by atoms with Crippen LogP contribution in [-0.4, -0.2) is 35.1 Å². The summed E-state index contributed by atoms with van der Waals surface area (Å²) in [5.74, 6) is -0.624. The summed E-state index contributed by atoms with van der Waals surface area (Å²) in [6.07, 6.45) is 1.88. The normalized spacial score (nSPS) is 11.9. The first-order chi connectivity index (χ1) is 10.5. The molecule has 0 spiro atoms. The maximum absolute atomic E-state index is 12.0. The minimum atomic E-state index is -1.03. The lowest BCUT2D eigenvalue weighted by Crippen LogP contribution is -2.22. The van der Waals surface area contributed by atoms with E-state index in [1.54, 1.807) is 12.1 Å². The second-order valence-corrected chi connectivity index (χ2v) is 5.88. The molecule has 0 saturated carbocycles. The molecule has 2 rings (SSSR count). The van der Waals surface area contributed by atoms with Crippen LogP contribution in [0.5, 0.6) is 5.75 Å². The Morgan fingerprint density at radius 1 is 1.23 bits per heavy atom. The quantitative estimate of drug-likeness (QED) is 0.856. The molecule has 0 saturated heterocycles. The lowest BCUT2D eigenvalue weighted by molar-refractivity contribution is -0.139. The number of aliphatic carboxylic acids is 1. The number of nitrogens with one attached hydrogen (secondary N) is 1. The van der Waals surface area contributed by atoms with Crippen LogP contribution < -0.4 is 10.1 Å². The molecule has 2 aromatic carbocycles. The predicted octanol–water partition coefficient (Wildman–Crippen LogP) is 2.99. The number of carbonyl (C=O) groups excluding carboxylic acids is 1. The summed E-state index contributed by atoms with van der Waals surface area (Å²) in [6.45, 7) is 1.44. The fourth-order valence-electron chi connectivity index (χ4n) is 1.99. The number of anilines is 1. The van der Waals surface area contributed by atoms with E-state index in [1.165, 1.54) is 11.8 Å². The second kappa shape index (κ2) is 7.17. The third-order valence-corrected chi connectivity index (χ3v) is 4.14. The van der Waals surface area contributed by atoms with Crippen molar-refractivity contribution in [2.45, 2.75) is 12.2 Å². The first-order valence-electron chi connectivity index (χ1n) is 6.73. The molecule has 22 heavy (non-hydrogen) atoms. The third-order valence-electron chi connectivity index (χ3n) is 3.22. The van der Waals surface area contributed by atoms with Crippen molar-refractivity contribution in [3.8, 4) is 5.75 Å². The number of carboxylic acid groups (broad SMARTS) is 1. The van der Waals surface area contributed by atoms with Gasteiger partial charge in [-0.05, 0) is 25.3 Å². The summed E-state index contributed by atoms with van der Waals surface area (Å²) in [6, 6.07) is 10.8. The zero-order chi connectivity index (χ0) is 16.1. The predicted molar refractivity (Wildman–Crippen MR) is 88.7 cm³/mol. The molecule has 0 aliphatic carbocycles. The summed E-state index contributed by atoms with van der Waals surface area (Å²) >= 11 is 1.47. The molecule has 0 aliphatic heterocycles. The van der Waals surface area contributed by atoms with Gasteiger partial charge in [-0.25, -0.2) is 4.79 Å². The molecule has 5 nitrogen and oxygen atoms in total. The molecule has 0 aromatic heterocycles. The van der Waals surface area contributed by atoms with Gasteiger partial charge >= 0.3 is 5.97 Å². The largest absolute Gasteiger partial charge is 0.481 e. The number of carboxylic acids is 1. The van der Waals surface area contributed by atoms with Crippen LogP contribution in [0.1, 0.15) is 6.92 Å². The van der Waals surface area contributed by atoms with E-state index in [1.807, 2.05) is 37.4 Å². The van der Waals surface area contributed by atoms with Gasteiger partial charge < -0.3 is 15.2 Å². The molecule has 2 N–H and O–H groups in total. The van der Waals surface area contributed by atoms with Crippen LogP contribution in [0.4, 0.5) is 5.69 Å². The van der Waals surface area contributed by atoms with Gasteiger partial charge in [-0.2, -0.15) is 11.8 Å². The van der Waals surface area contributed by atoms with Gasteiger partial charge in [-0.1, -0.05) is 24.3 Å². The van der Waals surface area contributed by atoms with Crippen LogP contribution in [0.25, 0.3) is 10.8 Å². The van der Waals surface area contributed by atoms with Gasteiger partial charge in [0.2, 0.25) is 5.91 Å². The summed E-state index contributed by atoms with van der Waals surface area (Å²) < 4.78 is 5.29. The van der Waals surface area contributed by atoms with Crippen LogP contribution in [-0.2, 0) is 9.59 Å². The Morgan fingerprint density at radius 2 is 1.91 bits per heavy atom. The Labute approximate surface area is 132 Å². The Morgan fingerprint density at radius 3 is 2.55 bits per heavy atom. The molecular formula is C16H17NO4S. The highest BCUT2D eigenvalue weighted by Gasteiger charge is 2.14. The number of thioether (sulfide) groups is 1. The number of fused-ring (bicyclic) bond motifs is 1. The van der Waals surface area contributed by atoms with Crippen LogP contribution in [0.3, 0.4) is 0 Å². The Bertz CT molecular complexity index is 702. The van der Waals surface area contributed by atoms with E-state index in [0.717, 1.165) is 10.8 Å². The van der Waals surface area contributed by atoms with E-state index in [9.17, 15) is 9.59 Å². The number of ether oxygens (including phenoxy) is 1. The van der Waals surface area contributed by atoms with Crippen molar-refractivity contribution in [3.63, 3.8) is 0 Å². The standard InChI is InChI=1S/C16H17NO4S/c1-10(22-2)16(20)17-13-7-8-14(21-9-15(18)19)12-6-4-3-5-11(12)13/h3-8,10H,9H2,1-2H3,(H,17,20)(H,18,19). The van der Waals surface area contributed by atoms with Crippen molar-refractivity contribution in [2.24, 2.45) is 0 Å². The minimum absolute atomic E-state index is 0.0724. The van der Waals surface area contributed by atoms with E-state index in [2.05, 4.69) is 5.32 Å². The van der Waals surface area contributed by atoms with E-state index in [0.29, 0.717) is 11.4 Å². The van der Waals surface area contributed by atoms with Crippen molar-refractivity contribution >= 4 is 40.1 Å². The highest BCUT2D eigenvalue weighted by Crippen LogP contribution is 2.32. The van der Waals surface area contributed by atoms with Crippen LogP contribution >= 0.6 is 11.8 Å². The highest BCUT2D eigenvalue weighted by molar-refractivity contribution is 7.99. The van der Waals surface area contributed by atoms with Gasteiger partial charge in [-0.15, -0.1) is 0 Å². The molecule has 0 radical (unpaired) electrons. The Kier molecular flexibility index (Phi) is 5.27. The average molecular weight is 319 g/mol. The first-order valence-corrected chi connectivity index (χ1v) is 8.01. The van der Waals surface area contributed by atoms with Crippen LogP contribution in [0, 0.1) is 0 Å². The third kappa shape index (κ3) is 3.71. The van der Waals surface area contributed by atoms with Crippen molar-refractivity contribution in [1.82, 2.24) is 0 Å². The highest BCUT2D eigenvalue weighted by atomic mass is 32.2. The number of hydrogen-bond donors (Lipinski definition) is 2. The summed E-state index contributed by atoms with van der Waals surface area (Å²) in [5.41, 5.74) is 0.684. The molecule has 6 heteroatoms. The molecule has 0 heterocycles. The molecule has 1 amide bonds. The molecule has 0 fully saturated rings. The fourth-order valence-corrected chi connectivity index (χ4v) is 2.26.